The van der Waals surface area contributed by atoms with E-state index in [2.05, 4.69) is 6.92 Å². The number of benzene rings is 2. The Morgan fingerprint density at radius 3 is 2.48 bits per heavy atom. The predicted molar refractivity (Wildman–Crippen MR) is 97.8 cm³/mol. The van der Waals surface area contributed by atoms with Gasteiger partial charge in [0.1, 0.15) is 5.75 Å². The first-order chi connectivity index (χ1) is 12.0. The molecule has 2 aromatic carbocycles. The van der Waals surface area contributed by atoms with Gasteiger partial charge in [0, 0.05) is 18.7 Å². The molecule has 4 heteroatoms. The van der Waals surface area contributed by atoms with Crippen LogP contribution in [-0.4, -0.2) is 18.4 Å². The molecule has 1 saturated heterocycles. The highest BCUT2D eigenvalue weighted by atomic mass is 16.5. The SMILES string of the molecule is CCc1ccccc1N1C[C@@H](C(=O)Oc2c(C)cccc2C)CC1=O. The monoisotopic (exact) mass is 337 g/mol. The number of rotatable bonds is 4. The number of nitrogens with zero attached hydrogens (tertiary/aromatic N) is 1. The second-order valence-corrected chi connectivity index (χ2v) is 6.53. The van der Waals surface area contributed by atoms with Crippen LogP contribution in [0.5, 0.6) is 5.75 Å². The Labute approximate surface area is 148 Å². The van der Waals surface area contributed by atoms with Gasteiger partial charge in [-0.2, -0.15) is 0 Å². The van der Waals surface area contributed by atoms with E-state index < -0.39 is 5.92 Å². The summed E-state index contributed by atoms with van der Waals surface area (Å²) in [5.41, 5.74) is 3.86. The van der Waals surface area contributed by atoms with Crippen LogP contribution in [-0.2, 0) is 16.0 Å². The average Bonchev–Trinajstić information content (AvgIpc) is 3.00. The maximum Gasteiger partial charge on any atom is 0.316 e. The molecule has 1 amide bonds. The Bertz CT molecular complexity index is 792. The van der Waals surface area contributed by atoms with Crippen molar-refractivity contribution in [3.8, 4) is 5.75 Å². The molecule has 4 nitrogen and oxygen atoms in total. The lowest BCUT2D eigenvalue weighted by molar-refractivity contribution is -0.139. The molecule has 1 aliphatic rings. The third-order valence-electron chi connectivity index (χ3n) is 4.73. The summed E-state index contributed by atoms with van der Waals surface area (Å²) in [7, 11) is 0. The van der Waals surface area contributed by atoms with Gasteiger partial charge in [-0.05, 0) is 43.0 Å². The minimum absolute atomic E-state index is 0.0237. The molecule has 0 N–H and O–H groups in total. The van der Waals surface area contributed by atoms with Gasteiger partial charge in [0.25, 0.3) is 0 Å². The molecule has 0 saturated carbocycles. The number of carbonyl (C=O) groups is 2. The maximum absolute atomic E-state index is 12.6. The van der Waals surface area contributed by atoms with Gasteiger partial charge >= 0.3 is 5.97 Å². The lowest BCUT2D eigenvalue weighted by atomic mass is 10.1. The molecule has 0 unspecified atom stereocenters. The number of para-hydroxylation sites is 2. The van der Waals surface area contributed by atoms with E-state index in [4.69, 9.17) is 4.74 Å². The Balaban J connectivity index is 1.77. The van der Waals surface area contributed by atoms with Crippen molar-refractivity contribution in [1.29, 1.82) is 0 Å². The fraction of sp³-hybridized carbons (Fsp3) is 0.333. The number of aryl methyl sites for hydroxylation is 3. The van der Waals surface area contributed by atoms with Crippen molar-refractivity contribution in [1.82, 2.24) is 0 Å². The van der Waals surface area contributed by atoms with Gasteiger partial charge in [-0.3, -0.25) is 9.59 Å². The first-order valence-corrected chi connectivity index (χ1v) is 8.67. The van der Waals surface area contributed by atoms with Gasteiger partial charge < -0.3 is 9.64 Å². The predicted octanol–water partition coefficient (Wildman–Crippen LogP) is 3.82. The molecule has 1 fully saturated rings. The standard InChI is InChI=1S/C21H23NO3/c1-4-16-10-5-6-11-18(16)22-13-17(12-19(22)23)21(24)25-20-14(2)8-7-9-15(20)3/h5-11,17H,4,12-13H2,1-3H3/t17-/m0/s1. The number of hydrogen-bond donors (Lipinski definition) is 0. The molecular formula is C21H23NO3. The van der Waals surface area contributed by atoms with E-state index in [0.717, 1.165) is 28.8 Å². The summed E-state index contributed by atoms with van der Waals surface area (Å²) < 4.78 is 5.63. The second kappa shape index (κ2) is 7.09. The topological polar surface area (TPSA) is 46.6 Å². The Kier molecular flexibility index (Phi) is 4.88. The Morgan fingerprint density at radius 1 is 1.12 bits per heavy atom. The fourth-order valence-electron chi connectivity index (χ4n) is 3.32. The average molecular weight is 337 g/mol. The molecule has 1 aliphatic heterocycles. The summed E-state index contributed by atoms with van der Waals surface area (Å²) in [5.74, 6) is -0.185. The summed E-state index contributed by atoms with van der Waals surface area (Å²) in [5, 5.41) is 0. The summed E-state index contributed by atoms with van der Waals surface area (Å²) in [6.07, 6.45) is 1.04. The van der Waals surface area contributed by atoms with Crippen LogP contribution in [0.1, 0.15) is 30.0 Å². The number of amides is 1. The van der Waals surface area contributed by atoms with Crippen LogP contribution in [0.4, 0.5) is 5.69 Å². The van der Waals surface area contributed by atoms with Crippen LogP contribution in [0.2, 0.25) is 0 Å². The van der Waals surface area contributed by atoms with E-state index in [1.807, 2.05) is 56.3 Å². The van der Waals surface area contributed by atoms with Crippen LogP contribution in [0, 0.1) is 19.8 Å². The molecule has 0 aliphatic carbocycles. The quantitative estimate of drug-likeness (QED) is 0.629. The molecule has 1 atom stereocenters. The van der Waals surface area contributed by atoms with Gasteiger partial charge in [0.05, 0.1) is 5.92 Å². The van der Waals surface area contributed by atoms with Gasteiger partial charge in [0.15, 0.2) is 0 Å². The molecule has 3 rings (SSSR count). The summed E-state index contributed by atoms with van der Waals surface area (Å²) >= 11 is 0. The third-order valence-corrected chi connectivity index (χ3v) is 4.73. The summed E-state index contributed by atoms with van der Waals surface area (Å²) in [6, 6.07) is 13.6. The van der Waals surface area contributed by atoms with Crippen molar-refractivity contribution in [2.45, 2.75) is 33.6 Å². The van der Waals surface area contributed by atoms with Gasteiger partial charge in [0.2, 0.25) is 5.91 Å². The lowest BCUT2D eigenvalue weighted by Gasteiger charge is -2.20. The minimum atomic E-state index is -0.434. The van der Waals surface area contributed by atoms with Crippen LogP contribution in [0.15, 0.2) is 42.5 Å². The highest BCUT2D eigenvalue weighted by Gasteiger charge is 2.37. The van der Waals surface area contributed by atoms with Gasteiger partial charge in [-0.15, -0.1) is 0 Å². The van der Waals surface area contributed by atoms with E-state index in [9.17, 15) is 9.59 Å². The number of hydrogen-bond acceptors (Lipinski definition) is 3. The van der Waals surface area contributed by atoms with Crippen molar-refractivity contribution >= 4 is 17.6 Å². The van der Waals surface area contributed by atoms with Crippen molar-refractivity contribution in [2.24, 2.45) is 5.92 Å². The zero-order valence-electron chi connectivity index (χ0n) is 14.9. The molecule has 25 heavy (non-hydrogen) atoms. The molecule has 0 radical (unpaired) electrons. The normalized spacial score (nSPS) is 17.0. The molecule has 0 bridgehead atoms. The van der Waals surface area contributed by atoms with E-state index in [1.165, 1.54) is 0 Å². The lowest BCUT2D eigenvalue weighted by Crippen LogP contribution is -2.28. The van der Waals surface area contributed by atoms with E-state index in [1.54, 1.807) is 4.90 Å². The molecular weight excluding hydrogens is 314 g/mol. The van der Waals surface area contributed by atoms with E-state index >= 15 is 0 Å². The zero-order chi connectivity index (χ0) is 18.0. The van der Waals surface area contributed by atoms with Crippen LogP contribution in [0.25, 0.3) is 0 Å². The van der Waals surface area contributed by atoms with Crippen molar-refractivity contribution in [3.63, 3.8) is 0 Å². The highest BCUT2D eigenvalue weighted by molar-refractivity contribution is 6.00. The van der Waals surface area contributed by atoms with Crippen molar-refractivity contribution in [3.05, 3.63) is 59.2 Å². The molecule has 130 valence electrons. The second-order valence-electron chi connectivity index (χ2n) is 6.53. The van der Waals surface area contributed by atoms with Crippen molar-refractivity contribution in [2.75, 3.05) is 11.4 Å². The van der Waals surface area contributed by atoms with E-state index in [0.29, 0.717) is 12.3 Å². The minimum Gasteiger partial charge on any atom is -0.426 e. The first-order valence-electron chi connectivity index (χ1n) is 8.67. The zero-order valence-corrected chi connectivity index (χ0v) is 14.9. The Hall–Kier alpha value is -2.62. The smallest absolute Gasteiger partial charge is 0.316 e. The number of anilines is 1. The number of ether oxygens (including phenoxy) is 1. The summed E-state index contributed by atoms with van der Waals surface area (Å²) in [6.45, 7) is 6.27. The third kappa shape index (κ3) is 3.43. The van der Waals surface area contributed by atoms with E-state index in [-0.39, 0.29) is 18.3 Å². The molecule has 0 aromatic heterocycles. The highest BCUT2D eigenvalue weighted by Crippen LogP contribution is 2.30. The molecule has 2 aromatic rings. The number of esters is 1. The van der Waals surface area contributed by atoms with Gasteiger partial charge in [-0.1, -0.05) is 43.3 Å². The van der Waals surface area contributed by atoms with Gasteiger partial charge in [-0.25, -0.2) is 0 Å². The fourth-order valence-corrected chi connectivity index (χ4v) is 3.32. The van der Waals surface area contributed by atoms with Crippen LogP contribution < -0.4 is 9.64 Å². The van der Waals surface area contributed by atoms with Crippen LogP contribution in [0.3, 0.4) is 0 Å². The Morgan fingerprint density at radius 2 is 1.80 bits per heavy atom. The number of carbonyl (C=O) groups excluding carboxylic acids is 2. The summed E-state index contributed by atoms with van der Waals surface area (Å²) in [4.78, 5) is 26.8. The maximum atomic E-state index is 12.6. The molecule has 0 spiro atoms. The first kappa shape index (κ1) is 17.2. The van der Waals surface area contributed by atoms with Crippen molar-refractivity contribution < 1.29 is 14.3 Å². The van der Waals surface area contributed by atoms with Crippen LogP contribution >= 0.6 is 0 Å². The molecule has 1 heterocycles. The largest absolute Gasteiger partial charge is 0.426 e.